The van der Waals surface area contributed by atoms with Crippen molar-refractivity contribution in [3.05, 3.63) is 46.2 Å². The first-order valence-corrected chi connectivity index (χ1v) is 9.29. The number of nitro groups is 1. The summed E-state index contributed by atoms with van der Waals surface area (Å²) in [5.41, 5.74) is 0.256. The van der Waals surface area contributed by atoms with Crippen LogP contribution in [-0.4, -0.2) is 11.2 Å². The number of aldehydes is 1. The van der Waals surface area contributed by atoms with E-state index in [2.05, 4.69) is 13.0 Å². The van der Waals surface area contributed by atoms with E-state index < -0.39 is 0 Å². The fourth-order valence-electron chi connectivity index (χ4n) is 2.33. The van der Waals surface area contributed by atoms with Gasteiger partial charge in [0.15, 0.2) is 0 Å². The van der Waals surface area contributed by atoms with Crippen molar-refractivity contribution in [1.82, 2.24) is 0 Å². The standard InChI is InChI=1S/C20H33NO3/c1-2-3-4-5-6-7-8-11-14-17-20(21(23)24)18-15-12-9-10-13-16-19-22/h9,11-12,14,18-19H,2-8,10,13,15-17H2,1H3/b12-9+,14-11+,20-18-. The SMILES string of the molecule is CCCCCCCC/C=C/C/C(=C/C/C=C/CCCC=O)[N+](=O)[O-]. The van der Waals surface area contributed by atoms with Gasteiger partial charge >= 0.3 is 0 Å². The topological polar surface area (TPSA) is 60.2 Å². The largest absolute Gasteiger partial charge is 0.303 e. The van der Waals surface area contributed by atoms with Crippen molar-refractivity contribution in [3.8, 4) is 0 Å². The highest BCUT2D eigenvalue weighted by Crippen LogP contribution is 2.09. The van der Waals surface area contributed by atoms with Gasteiger partial charge in [0.1, 0.15) is 6.29 Å². The number of hydrogen-bond acceptors (Lipinski definition) is 3. The first-order chi connectivity index (χ1) is 11.7. The van der Waals surface area contributed by atoms with E-state index in [0.29, 0.717) is 19.3 Å². The Hall–Kier alpha value is -1.71. The summed E-state index contributed by atoms with van der Waals surface area (Å²) in [6.07, 6.45) is 22.3. The van der Waals surface area contributed by atoms with Gasteiger partial charge in [-0.2, -0.15) is 0 Å². The molecular formula is C20H33NO3. The van der Waals surface area contributed by atoms with Gasteiger partial charge < -0.3 is 4.79 Å². The number of allylic oxidation sites excluding steroid dienone is 5. The lowest BCUT2D eigenvalue weighted by molar-refractivity contribution is -0.427. The maximum absolute atomic E-state index is 11.0. The number of unbranched alkanes of at least 4 members (excludes halogenated alkanes) is 8. The van der Waals surface area contributed by atoms with Crippen LogP contribution in [0.15, 0.2) is 36.1 Å². The average molecular weight is 335 g/mol. The zero-order chi connectivity index (χ0) is 17.9. The molecule has 0 saturated heterocycles. The third kappa shape index (κ3) is 15.2. The maximum atomic E-state index is 11.0. The molecule has 24 heavy (non-hydrogen) atoms. The quantitative estimate of drug-likeness (QED) is 0.112. The van der Waals surface area contributed by atoms with Crippen molar-refractivity contribution >= 4 is 6.29 Å². The number of carbonyl (C=O) groups is 1. The minimum Gasteiger partial charge on any atom is -0.303 e. The molecule has 0 N–H and O–H groups in total. The molecule has 0 aliphatic carbocycles. The fourth-order valence-corrected chi connectivity index (χ4v) is 2.33. The van der Waals surface area contributed by atoms with Crippen molar-refractivity contribution in [3.63, 3.8) is 0 Å². The molecular weight excluding hydrogens is 302 g/mol. The molecule has 0 heterocycles. The fraction of sp³-hybridized carbons (Fsp3) is 0.650. The molecule has 0 aromatic carbocycles. The van der Waals surface area contributed by atoms with Crippen LogP contribution in [0.1, 0.15) is 84.0 Å². The second-order valence-electron chi connectivity index (χ2n) is 5.99. The van der Waals surface area contributed by atoms with Gasteiger partial charge in [-0.3, -0.25) is 10.1 Å². The molecule has 4 nitrogen and oxygen atoms in total. The van der Waals surface area contributed by atoms with E-state index in [1.807, 2.05) is 18.2 Å². The van der Waals surface area contributed by atoms with Crippen LogP contribution in [0.2, 0.25) is 0 Å². The van der Waals surface area contributed by atoms with Gasteiger partial charge in [-0.1, -0.05) is 63.3 Å². The molecule has 0 aliphatic heterocycles. The van der Waals surface area contributed by atoms with E-state index in [1.165, 1.54) is 38.5 Å². The molecule has 0 aliphatic rings. The maximum Gasteiger partial charge on any atom is 0.246 e. The van der Waals surface area contributed by atoms with Crippen molar-refractivity contribution in [2.75, 3.05) is 0 Å². The van der Waals surface area contributed by atoms with Crippen molar-refractivity contribution in [2.24, 2.45) is 0 Å². The van der Waals surface area contributed by atoms with E-state index in [0.717, 1.165) is 25.5 Å². The molecule has 0 aromatic rings. The zero-order valence-corrected chi connectivity index (χ0v) is 15.1. The van der Waals surface area contributed by atoms with Crippen LogP contribution in [-0.2, 0) is 4.79 Å². The Bertz CT molecular complexity index is 411. The molecule has 0 spiro atoms. The molecule has 136 valence electrons. The van der Waals surface area contributed by atoms with Crippen LogP contribution in [0.3, 0.4) is 0 Å². The van der Waals surface area contributed by atoms with Gasteiger partial charge in [0.25, 0.3) is 0 Å². The van der Waals surface area contributed by atoms with Gasteiger partial charge in [-0.15, -0.1) is 0 Å². The van der Waals surface area contributed by atoms with E-state index in [9.17, 15) is 14.9 Å². The second-order valence-corrected chi connectivity index (χ2v) is 5.99. The highest BCUT2D eigenvalue weighted by atomic mass is 16.6. The number of carbonyl (C=O) groups excluding carboxylic acids is 1. The molecule has 0 atom stereocenters. The predicted octanol–water partition coefficient (Wildman–Crippen LogP) is 6.16. The summed E-state index contributed by atoms with van der Waals surface area (Å²) in [6, 6.07) is 0. The first-order valence-electron chi connectivity index (χ1n) is 9.29. The third-order valence-electron chi connectivity index (χ3n) is 3.80. The highest BCUT2D eigenvalue weighted by Gasteiger charge is 2.06. The summed E-state index contributed by atoms with van der Waals surface area (Å²) in [7, 11) is 0. The Morgan fingerprint density at radius 3 is 2.25 bits per heavy atom. The molecule has 0 saturated carbocycles. The van der Waals surface area contributed by atoms with Gasteiger partial charge in [0, 0.05) is 6.42 Å². The minimum absolute atomic E-state index is 0.256. The Labute approximate surface area is 146 Å². The first kappa shape index (κ1) is 22.3. The summed E-state index contributed by atoms with van der Waals surface area (Å²) in [5, 5.41) is 11.0. The van der Waals surface area contributed by atoms with Gasteiger partial charge in [-0.25, -0.2) is 0 Å². The van der Waals surface area contributed by atoms with Crippen LogP contribution in [0, 0.1) is 10.1 Å². The minimum atomic E-state index is -0.296. The monoisotopic (exact) mass is 335 g/mol. The Balaban J connectivity index is 3.90. The Kier molecular flexibility index (Phi) is 16.4. The van der Waals surface area contributed by atoms with E-state index in [1.54, 1.807) is 6.08 Å². The molecule has 0 amide bonds. The van der Waals surface area contributed by atoms with E-state index >= 15 is 0 Å². The predicted molar refractivity (Wildman–Crippen MR) is 100 cm³/mol. The van der Waals surface area contributed by atoms with E-state index in [4.69, 9.17) is 0 Å². The zero-order valence-electron chi connectivity index (χ0n) is 15.1. The molecule has 0 fully saturated rings. The smallest absolute Gasteiger partial charge is 0.246 e. The van der Waals surface area contributed by atoms with Crippen LogP contribution in [0.5, 0.6) is 0 Å². The van der Waals surface area contributed by atoms with Crippen molar-refractivity contribution < 1.29 is 9.72 Å². The van der Waals surface area contributed by atoms with Gasteiger partial charge in [-0.05, 0) is 38.2 Å². The Morgan fingerprint density at radius 1 is 0.875 bits per heavy atom. The van der Waals surface area contributed by atoms with Crippen molar-refractivity contribution in [2.45, 2.75) is 84.0 Å². The normalized spacial score (nSPS) is 12.3. The molecule has 0 rings (SSSR count). The summed E-state index contributed by atoms with van der Waals surface area (Å²) in [5.74, 6) is 0. The molecule has 4 heteroatoms. The van der Waals surface area contributed by atoms with E-state index in [-0.39, 0.29) is 10.6 Å². The van der Waals surface area contributed by atoms with Gasteiger partial charge in [0.2, 0.25) is 5.70 Å². The van der Waals surface area contributed by atoms with Crippen molar-refractivity contribution in [1.29, 1.82) is 0 Å². The molecule has 0 aromatic heterocycles. The number of rotatable bonds is 16. The van der Waals surface area contributed by atoms with Crippen LogP contribution >= 0.6 is 0 Å². The second kappa shape index (κ2) is 17.6. The molecule has 0 radical (unpaired) electrons. The van der Waals surface area contributed by atoms with Crippen LogP contribution < -0.4 is 0 Å². The molecule has 0 unspecified atom stereocenters. The average Bonchev–Trinajstić information content (AvgIpc) is 2.57. The number of nitrogens with zero attached hydrogens (tertiary/aromatic N) is 1. The number of hydrogen-bond donors (Lipinski definition) is 0. The van der Waals surface area contributed by atoms with Crippen LogP contribution in [0.25, 0.3) is 0 Å². The summed E-state index contributed by atoms with van der Waals surface area (Å²) in [4.78, 5) is 20.9. The summed E-state index contributed by atoms with van der Waals surface area (Å²) >= 11 is 0. The lowest BCUT2D eigenvalue weighted by Crippen LogP contribution is -1.97. The lowest BCUT2D eigenvalue weighted by atomic mass is 10.1. The lowest BCUT2D eigenvalue weighted by Gasteiger charge is -1.97. The Morgan fingerprint density at radius 2 is 1.54 bits per heavy atom. The summed E-state index contributed by atoms with van der Waals surface area (Å²) < 4.78 is 0. The summed E-state index contributed by atoms with van der Waals surface area (Å²) in [6.45, 7) is 2.22. The van der Waals surface area contributed by atoms with Crippen LogP contribution in [0.4, 0.5) is 0 Å². The molecule has 0 bridgehead atoms. The highest BCUT2D eigenvalue weighted by molar-refractivity contribution is 5.49. The van der Waals surface area contributed by atoms with Gasteiger partial charge in [0.05, 0.1) is 11.3 Å². The third-order valence-corrected chi connectivity index (χ3v) is 3.80.